The van der Waals surface area contributed by atoms with E-state index in [1.807, 2.05) is 18.3 Å². The van der Waals surface area contributed by atoms with Crippen molar-refractivity contribution in [2.24, 2.45) is 0 Å². The molecule has 0 amide bonds. The van der Waals surface area contributed by atoms with Gasteiger partial charge in [0.15, 0.2) is 0 Å². The quantitative estimate of drug-likeness (QED) is 0.622. The van der Waals surface area contributed by atoms with Crippen molar-refractivity contribution in [3.8, 4) is 22.3 Å². The molecular formula is C18H16BrN. The minimum Gasteiger partial charge on any atom is -0.261 e. The van der Waals surface area contributed by atoms with Crippen LogP contribution in [0.25, 0.3) is 22.3 Å². The summed E-state index contributed by atoms with van der Waals surface area (Å²) < 4.78 is 0. The molecule has 20 heavy (non-hydrogen) atoms. The van der Waals surface area contributed by atoms with Crippen LogP contribution in [-0.2, 0) is 0 Å². The second-order valence-corrected chi connectivity index (χ2v) is 4.55. The van der Waals surface area contributed by atoms with Gasteiger partial charge in [-0.3, -0.25) is 4.98 Å². The zero-order chi connectivity index (χ0) is 13.1. The molecule has 0 saturated heterocycles. The Morgan fingerprint density at radius 2 is 1.25 bits per heavy atom. The van der Waals surface area contributed by atoms with Crippen LogP contribution in [0, 0.1) is 6.92 Å². The summed E-state index contributed by atoms with van der Waals surface area (Å²) >= 11 is 0. The number of aromatic nitrogens is 1. The van der Waals surface area contributed by atoms with Gasteiger partial charge in [-0.05, 0) is 29.7 Å². The van der Waals surface area contributed by atoms with Crippen molar-refractivity contribution in [2.45, 2.75) is 6.92 Å². The van der Waals surface area contributed by atoms with E-state index in [9.17, 15) is 0 Å². The third-order valence-corrected chi connectivity index (χ3v) is 3.29. The molecule has 0 saturated carbocycles. The van der Waals surface area contributed by atoms with Gasteiger partial charge in [-0.2, -0.15) is 0 Å². The average molecular weight is 326 g/mol. The fourth-order valence-corrected chi connectivity index (χ4v) is 2.39. The second-order valence-electron chi connectivity index (χ2n) is 4.55. The minimum absolute atomic E-state index is 0. The lowest BCUT2D eigenvalue weighted by atomic mass is 9.94. The minimum atomic E-state index is 0. The lowest BCUT2D eigenvalue weighted by Gasteiger charge is -2.12. The molecule has 1 nitrogen and oxygen atoms in total. The molecule has 0 bridgehead atoms. The molecule has 0 aliphatic carbocycles. The number of aryl methyl sites for hydroxylation is 1. The summed E-state index contributed by atoms with van der Waals surface area (Å²) in [5.74, 6) is 0. The maximum Gasteiger partial charge on any atom is 0.0457 e. The first-order chi connectivity index (χ1) is 9.36. The maximum absolute atomic E-state index is 4.44. The van der Waals surface area contributed by atoms with E-state index in [0.717, 1.165) is 5.69 Å². The topological polar surface area (TPSA) is 12.9 Å². The summed E-state index contributed by atoms with van der Waals surface area (Å²) in [4.78, 5) is 4.44. The molecule has 0 radical (unpaired) electrons. The largest absolute Gasteiger partial charge is 0.261 e. The molecule has 0 aliphatic heterocycles. The van der Waals surface area contributed by atoms with E-state index in [-0.39, 0.29) is 17.0 Å². The molecule has 0 spiro atoms. The maximum atomic E-state index is 4.44. The third kappa shape index (κ3) is 2.81. The van der Waals surface area contributed by atoms with Gasteiger partial charge in [0.25, 0.3) is 0 Å². The second kappa shape index (κ2) is 6.49. The van der Waals surface area contributed by atoms with Crippen LogP contribution in [0.2, 0.25) is 0 Å². The number of benzene rings is 2. The van der Waals surface area contributed by atoms with Crippen LogP contribution in [0.5, 0.6) is 0 Å². The van der Waals surface area contributed by atoms with E-state index in [4.69, 9.17) is 0 Å². The van der Waals surface area contributed by atoms with E-state index in [1.165, 1.54) is 22.3 Å². The molecule has 0 atom stereocenters. The predicted octanol–water partition coefficient (Wildman–Crippen LogP) is 5.30. The highest BCUT2D eigenvalue weighted by molar-refractivity contribution is 8.93. The monoisotopic (exact) mass is 325 g/mol. The van der Waals surface area contributed by atoms with Crippen LogP contribution in [0.1, 0.15) is 5.69 Å². The number of halogens is 1. The van der Waals surface area contributed by atoms with E-state index < -0.39 is 0 Å². The van der Waals surface area contributed by atoms with Crippen molar-refractivity contribution >= 4 is 17.0 Å². The van der Waals surface area contributed by atoms with Crippen molar-refractivity contribution in [2.75, 3.05) is 0 Å². The Balaban J connectivity index is 0.00000147. The van der Waals surface area contributed by atoms with E-state index >= 15 is 0 Å². The number of rotatable bonds is 2. The van der Waals surface area contributed by atoms with E-state index in [2.05, 4.69) is 66.5 Å². The Morgan fingerprint density at radius 3 is 1.85 bits per heavy atom. The Kier molecular flexibility index (Phi) is 4.70. The molecule has 100 valence electrons. The normalized spacial score (nSPS) is 9.85. The predicted molar refractivity (Wildman–Crippen MR) is 90.2 cm³/mol. The molecule has 0 aliphatic rings. The molecule has 3 aromatic rings. The highest BCUT2D eigenvalue weighted by Crippen LogP contribution is 2.33. The fourth-order valence-electron chi connectivity index (χ4n) is 2.39. The Labute approximate surface area is 130 Å². The van der Waals surface area contributed by atoms with Crippen LogP contribution in [-0.4, -0.2) is 4.98 Å². The Hall–Kier alpha value is -1.93. The number of pyridine rings is 1. The van der Waals surface area contributed by atoms with Gasteiger partial charge in [-0.25, -0.2) is 0 Å². The molecular weight excluding hydrogens is 310 g/mol. The molecule has 1 aromatic heterocycles. The van der Waals surface area contributed by atoms with Gasteiger partial charge in [0.2, 0.25) is 0 Å². The third-order valence-electron chi connectivity index (χ3n) is 3.29. The van der Waals surface area contributed by atoms with Crippen LogP contribution in [0.4, 0.5) is 0 Å². The fraction of sp³-hybridized carbons (Fsp3) is 0.0556. The SMILES string of the molecule is Br.Cc1nccc(-c2ccccc2)c1-c1ccccc1. The first kappa shape index (κ1) is 14.5. The summed E-state index contributed by atoms with van der Waals surface area (Å²) in [6.45, 7) is 2.06. The van der Waals surface area contributed by atoms with E-state index in [0.29, 0.717) is 0 Å². The molecule has 3 rings (SSSR count). The average Bonchev–Trinajstić information content (AvgIpc) is 2.49. The molecule has 0 unspecified atom stereocenters. The summed E-state index contributed by atoms with van der Waals surface area (Å²) in [5, 5.41) is 0. The lowest BCUT2D eigenvalue weighted by molar-refractivity contribution is 1.20. The van der Waals surface area contributed by atoms with Crippen LogP contribution < -0.4 is 0 Å². The highest BCUT2D eigenvalue weighted by atomic mass is 79.9. The van der Waals surface area contributed by atoms with Crippen LogP contribution in [0.3, 0.4) is 0 Å². The van der Waals surface area contributed by atoms with Gasteiger partial charge in [-0.15, -0.1) is 17.0 Å². The lowest BCUT2D eigenvalue weighted by Crippen LogP contribution is -1.91. The highest BCUT2D eigenvalue weighted by Gasteiger charge is 2.10. The van der Waals surface area contributed by atoms with Gasteiger partial charge in [0, 0.05) is 17.5 Å². The summed E-state index contributed by atoms with van der Waals surface area (Å²) in [7, 11) is 0. The molecule has 2 aromatic carbocycles. The first-order valence-electron chi connectivity index (χ1n) is 6.43. The molecule has 0 fully saturated rings. The number of hydrogen-bond donors (Lipinski definition) is 0. The van der Waals surface area contributed by atoms with Gasteiger partial charge in [-0.1, -0.05) is 60.7 Å². The van der Waals surface area contributed by atoms with Gasteiger partial charge < -0.3 is 0 Å². The van der Waals surface area contributed by atoms with Gasteiger partial charge >= 0.3 is 0 Å². The Morgan fingerprint density at radius 1 is 0.700 bits per heavy atom. The van der Waals surface area contributed by atoms with Crippen LogP contribution >= 0.6 is 17.0 Å². The van der Waals surface area contributed by atoms with Gasteiger partial charge in [0.1, 0.15) is 0 Å². The van der Waals surface area contributed by atoms with Crippen molar-refractivity contribution in [1.82, 2.24) is 4.98 Å². The number of hydrogen-bond acceptors (Lipinski definition) is 1. The number of nitrogens with zero attached hydrogens (tertiary/aromatic N) is 1. The summed E-state index contributed by atoms with van der Waals surface area (Å²) in [5.41, 5.74) is 5.96. The zero-order valence-corrected chi connectivity index (χ0v) is 13.0. The molecule has 2 heteroatoms. The van der Waals surface area contributed by atoms with Crippen LogP contribution in [0.15, 0.2) is 72.9 Å². The van der Waals surface area contributed by atoms with Crippen molar-refractivity contribution in [1.29, 1.82) is 0 Å². The van der Waals surface area contributed by atoms with E-state index in [1.54, 1.807) is 0 Å². The zero-order valence-electron chi connectivity index (χ0n) is 11.3. The molecule has 1 heterocycles. The van der Waals surface area contributed by atoms with Gasteiger partial charge in [0.05, 0.1) is 0 Å². The summed E-state index contributed by atoms with van der Waals surface area (Å²) in [6, 6.07) is 23.0. The first-order valence-corrected chi connectivity index (χ1v) is 6.43. The summed E-state index contributed by atoms with van der Waals surface area (Å²) in [6.07, 6.45) is 1.88. The smallest absolute Gasteiger partial charge is 0.0457 e. The van der Waals surface area contributed by atoms with Crippen molar-refractivity contribution in [3.05, 3.63) is 78.6 Å². The standard InChI is InChI=1S/C18H15N.BrH/c1-14-18(16-10-6-3-7-11-16)17(12-13-19-14)15-8-4-2-5-9-15;/h2-13H,1H3;1H. The van der Waals surface area contributed by atoms with Crippen molar-refractivity contribution < 1.29 is 0 Å². The van der Waals surface area contributed by atoms with Crippen molar-refractivity contribution in [3.63, 3.8) is 0 Å². The molecule has 0 N–H and O–H groups in total. The Bertz CT molecular complexity index is 678.